The Morgan fingerprint density at radius 3 is 2.51 bits per heavy atom. The zero-order valence-electron chi connectivity index (χ0n) is 23.8. The minimum absolute atomic E-state index is 0.0421. The van der Waals surface area contributed by atoms with Crippen molar-refractivity contribution in [3.05, 3.63) is 64.0 Å². The van der Waals surface area contributed by atoms with E-state index in [2.05, 4.69) is 23.3 Å². The monoisotopic (exact) mass is 575 g/mol. The number of aliphatic carboxylic acids is 1. The van der Waals surface area contributed by atoms with Crippen LogP contribution in [-0.4, -0.2) is 66.3 Å². The average molecular weight is 576 g/mol. The first-order valence-corrected chi connectivity index (χ1v) is 15.3. The van der Waals surface area contributed by atoms with Gasteiger partial charge in [-0.05, 0) is 80.3 Å². The molecule has 0 spiro atoms. The van der Waals surface area contributed by atoms with Crippen molar-refractivity contribution >= 4 is 28.3 Å². The standard InChI is InChI=1S/C32H37N3O5S/c1-19-4-9-28(40-17-24-8-5-21(13-20(24)2)30(36)34-11-10-25(16-34)39-3)26(12-19)27-18-41-32(33-27)35-14-22-6-7-23(15-35)29(22)31(37)38/h4-5,8-9,12-13,18,22-23,25,29H,6-7,10-11,14-17H2,1-3H3,(H,37,38)/t22-,23+,25-,29+/m0/s1. The highest BCUT2D eigenvalue weighted by atomic mass is 32.1. The Hall–Kier alpha value is -3.43. The third kappa shape index (κ3) is 5.57. The molecule has 1 N–H and O–H groups in total. The number of benzene rings is 2. The van der Waals surface area contributed by atoms with Gasteiger partial charge in [-0.3, -0.25) is 9.59 Å². The van der Waals surface area contributed by atoms with Crippen molar-refractivity contribution in [1.82, 2.24) is 9.88 Å². The van der Waals surface area contributed by atoms with Gasteiger partial charge in [-0.25, -0.2) is 4.98 Å². The Morgan fingerprint density at radius 2 is 1.83 bits per heavy atom. The van der Waals surface area contributed by atoms with Crippen LogP contribution in [0.1, 0.15) is 46.3 Å². The maximum atomic E-state index is 13.0. The highest BCUT2D eigenvalue weighted by Gasteiger charge is 2.46. The number of carbonyl (C=O) groups excluding carboxylic acids is 1. The Kier molecular flexibility index (Phi) is 7.74. The van der Waals surface area contributed by atoms with E-state index >= 15 is 0 Å². The molecule has 0 unspecified atom stereocenters. The molecule has 1 amide bonds. The van der Waals surface area contributed by atoms with Crippen molar-refractivity contribution in [3.8, 4) is 17.0 Å². The number of aryl methyl sites for hydroxylation is 2. The molecule has 2 aliphatic heterocycles. The van der Waals surface area contributed by atoms with E-state index in [-0.39, 0.29) is 29.8 Å². The Morgan fingerprint density at radius 1 is 1.05 bits per heavy atom. The zero-order chi connectivity index (χ0) is 28.7. The van der Waals surface area contributed by atoms with Gasteiger partial charge in [0.25, 0.3) is 5.91 Å². The normalized spacial score (nSPS) is 23.7. The van der Waals surface area contributed by atoms with Crippen molar-refractivity contribution < 1.29 is 24.2 Å². The van der Waals surface area contributed by atoms with Crippen LogP contribution >= 0.6 is 11.3 Å². The van der Waals surface area contributed by atoms with E-state index in [0.29, 0.717) is 18.7 Å². The fourth-order valence-corrected chi connectivity index (χ4v) is 7.56. The molecule has 41 heavy (non-hydrogen) atoms. The van der Waals surface area contributed by atoms with Crippen LogP contribution in [0.3, 0.4) is 0 Å². The van der Waals surface area contributed by atoms with Gasteiger partial charge >= 0.3 is 5.97 Å². The molecule has 9 heteroatoms. The predicted molar refractivity (Wildman–Crippen MR) is 159 cm³/mol. The minimum Gasteiger partial charge on any atom is -0.488 e. The third-order valence-electron chi connectivity index (χ3n) is 9.03. The lowest BCUT2D eigenvalue weighted by Crippen LogP contribution is -2.44. The van der Waals surface area contributed by atoms with Gasteiger partial charge in [0.1, 0.15) is 12.4 Å². The van der Waals surface area contributed by atoms with Gasteiger partial charge in [0.05, 0.1) is 17.7 Å². The Balaban J connectivity index is 1.15. The molecule has 3 heterocycles. The number of hydrogen-bond donors (Lipinski definition) is 1. The molecular weight excluding hydrogens is 538 g/mol. The first-order valence-electron chi connectivity index (χ1n) is 14.4. The number of ether oxygens (including phenoxy) is 2. The van der Waals surface area contributed by atoms with E-state index in [1.54, 1.807) is 18.4 Å². The van der Waals surface area contributed by atoms with Gasteiger partial charge in [-0.1, -0.05) is 17.7 Å². The van der Waals surface area contributed by atoms with Gasteiger partial charge in [0, 0.05) is 49.8 Å². The topological polar surface area (TPSA) is 92.2 Å². The molecule has 1 saturated carbocycles. The van der Waals surface area contributed by atoms with Crippen molar-refractivity contribution in [2.75, 3.05) is 38.2 Å². The molecule has 216 valence electrons. The number of likely N-dealkylation sites (tertiary alicyclic amines) is 1. The van der Waals surface area contributed by atoms with Crippen LogP contribution < -0.4 is 9.64 Å². The number of rotatable bonds is 8. The van der Waals surface area contributed by atoms with Gasteiger partial charge in [-0.15, -0.1) is 11.3 Å². The van der Waals surface area contributed by atoms with E-state index in [1.165, 1.54) is 0 Å². The second kappa shape index (κ2) is 11.4. The van der Waals surface area contributed by atoms with Crippen LogP contribution in [-0.2, 0) is 16.1 Å². The van der Waals surface area contributed by atoms with Crippen LogP contribution in [0.15, 0.2) is 41.8 Å². The number of carboxylic acid groups (broad SMARTS) is 1. The maximum Gasteiger partial charge on any atom is 0.307 e. The number of carbonyl (C=O) groups is 2. The number of carboxylic acids is 1. The summed E-state index contributed by atoms with van der Waals surface area (Å²) < 4.78 is 11.8. The molecule has 4 atom stereocenters. The highest BCUT2D eigenvalue weighted by Crippen LogP contribution is 2.44. The summed E-state index contributed by atoms with van der Waals surface area (Å²) in [7, 11) is 1.69. The van der Waals surface area contributed by atoms with Crippen LogP contribution in [0, 0.1) is 31.6 Å². The quantitative estimate of drug-likeness (QED) is 0.384. The number of nitrogens with zero attached hydrogens (tertiary/aromatic N) is 3. The second-order valence-corrected chi connectivity index (χ2v) is 12.5. The SMILES string of the molecule is CO[C@H]1CCN(C(=O)c2ccc(COc3ccc(C)cc3-c3csc(N4C[C@H]5CC[C@@H](C4)[C@H]5C(=O)O)n3)c(C)c2)C1. The average Bonchev–Trinajstić information content (AvgIpc) is 3.70. The number of methoxy groups -OCH3 is 1. The minimum atomic E-state index is -0.651. The Bertz CT molecular complexity index is 1440. The largest absolute Gasteiger partial charge is 0.488 e. The molecular formula is C32H37N3O5S. The fourth-order valence-electron chi connectivity index (χ4n) is 6.72. The number of hydrogen-bond acceptors (Lipinski definition) is 7. The summed E-state index contributed by atoms with van der Waals surface area (Å²) >= 11 is 1.61. The predicted octanol–water partition coefficient (Wildman–Crippen LogP) is 5.41. The molecule has 2 aromatic carbocycles. The van der Waals surface area contributed by atoms with Crippen molar-refractivity contribution in [1.29, 1.82) is 0 Å². The summed E-state index contributed by atoms with van der Waals surface area (Å²) in [5.41, 5.74) is 5.67. The van der Waals surface area contributed by atoms with Crippen LogP contribution in [0.5, 0.6) is 5.75 Å². The smallest absolute Gasteiger partial charge is 0.307 e. The summed E-state index contributed by atoms with van der Waals surface area (Å²) in [5, 5.41) is 12.7. The van der Waals surface area contributed by atoms with E-state index in [4.69, 9.17) is 14.5 Å². The van der Waals surface area contributed by atoms with Crippen molar-refractivity contribution in [2.24, 2.45) is 17.8 Å². The van der Waals surface area contributed by atoms with Crippen molar-refractivity contribution in [2.45, 2.75) is 45.8 Å². The van der Waals surface area contributed by atoms with E-state index < -0.39 is 5.97 Å². The van der Waals surface area contributed by atoms with Gasteiger partial charge < -0.3 is 24.4 Å². The third-order valence-corrected chi connectivity index (χ3v) is 9.93. The molecule has 3 aliphatic rings. The van der Waals surface area contributed by atoms with Gasteiger partial charge in [0.15, 0.2) is 5.13 Å². The van der Waals surface area contributed by atoms with E-state index in [0.717, 1.165) is 77.7 Å². The van der Waals surface area contributed by atoms with E-state index in [1.807, 2.05) is 42.2 Å². The number of anilines is 1. The molecule has 2 bridgehead atoms. The summed E-state index contributed by atoms with van der Waals surface area (Å²) in [5.74, 6) is 0.320. The second-order valence-electron chi connectivity index (χ2n) is 11.7. The number of aromatic nitrogens is 1. The molecule has 1 aromatic heterocycles. The first-order chi connectivity index (χ1) is 19.8. The lowest BCUT2D eigenvalue weighted by atomic mass is 9.85. The van der Waals surface area contributed by atoms with Crippen LogP contribution in [0.4, 0.5) is 5.13 Å². The first kappa shape index (κ1) is 27.7. The number of amides is 1. The van der Waals surface area contributed by atoms with Crippen LogP contribution in [0.25, 0.3) is 11.3 Å². The maximum absolute atomic E-state index is 13.0. The fraction of sp³-hybridized carbons (Fsp3) is 0.469. The number of piperidine rings is 1. The zero-order valence-corrected chi connectivity index (χ0v) is 24.7. The Labute approximate surface area is 244 Å². The molecule has 2 saturated heterocycles. The van der Waals surface area contributed by atoms with Crippen LogP contribution in [0.2, 0.25) is 0 Å². The lowest BCUT2D eigenvalue weighted by molar-refractivity contribution is -0.144. The number of fused-ring (bicyclic) bond motifs is 2. The molecule has 0 radical (unpaired) electrons. The van der Waals surface area contributed by atoms with Gasteiger partial charge in [0.2, 0.25) is 0 Å². The summed E-state index contributed by atoms with van der Waals surface area (Å²) in [6.45, 7) is 7.31. The molecule has 6 rings (SSSR count). The van der Waals surface area contributed by atoms with Gasteiger partial charge in [-0.2, -0.15) is 0 Å². The summed E-state index contributed by atoms with van der Waals surface area (Å²) in [4.78, 5) is 33.9. The molecule has 8 nitrogen and oxygen atoms in total. The molecule has 3 fully saturated rings. The summed E-state index contributed by atoms with van der Waals surface area (Å²) in [6.07, 6.45) is 2.95. The highest BCUT2D eigenvalue weighted by molar-refractivity contribution is 7.14. The summed E-state index contributed by atoms with van der Waals surface area (Å²) in [6, 6.07) is 12.0. The lowest BCUT2D eigenvalue weighted by Gasteiger charge is -2.35. The molecule has 3 aromatic rings. The van der Waals surface area contributed by atoms with Crippen molar-refractivity contribution in [3.63, 3.8) is 0 Å². The number of thiazole rings is 1. The van der Waals surface area contributed by atoms with E-state index in [9.17, 15) is 14.7 Å². The molecule has 1 aliphatic carbocycles.